The molecule has 0 atom stereocenters. The van der Waals surface area contributed by atoms with Crippen LogP contribution in [0.15, 0.2) is 40.4 Å². The van der Waals surface area contributed by atoms with Gasteiger partial charge in [0.2, 0.25) is 0 Å². The average Bonchev–Trinajstić information content (AvgIpc) is 3.38. The summed E-state index contributed by atoms with van der Waals surface area (Å²) < 4.78 is 0. The highest BCUT2D eigenvalue weighted by Crippen LogP contribution is 2.26. The van der Waals surface area contributed by atoms with Gasteiger partial charge in [0.05, 0.1) is 0 Å². The van der Waals surface area contributed by atoms with E-state index in [1.165, 1.54) is 11.3 Å². The molecule has 0 N–H and O–H groups in total. The minimum Gasteiger partial charge on any atom is -0.335 e. The maximum atomic E-state index is 12.8. The van der Waals surface area contributed by atoms with E-state index in [1.807, 2.05) is 16.8 Å². The Labute approximate surface area is 180 Å². The minimum atomic E-state index is -0.134. The van der Waals surface area contributed by atoms with Crippen LogP contribution in [-0.2, 0) is 0 Å². The largest absolute Gasteiger partial charge is 0.335 e. The summed E-state index contributed by atoms with van der Waals surface area (Å²) in [6, 6.07) is 6.79. The fourth-order valence-corrected chi connectivity index (χ4v) is 5.06. The Morgan fingerprint density at radius 3 is 2.18 bits per heavy atom. The molecule has 1 aliphatic rings. The van der Waals surface area contributed by atoms with Crippen LogP contribution >= 0.6 is 45.9 Å². The Bertz CT molecular complexity index is 992. The Morgan fingerprint density at radius 2 is 1.57 bits per heavy atom. The SMILES string of the molecule is O=C(c1cc(Cl)cc(Cl)c1)N1CCN(C(=O)c2csc(-c3ccsc3)n2)CC1. The summed E-state index contributed by atoms with van der Waals surface area (Å²) in [6.07, 6.45) is 0. The zero-order valence-corrected chi connectivity index (χ0v) is 17.7. The van der Waals surface area contributed by atoms with Crippen LogP contribution in [0.3, 0.4) is 0 Å². The number of nitrogens with zero attached hydrogens (tertiary/aromatic N) is 3. The molecule has 0 bridgehead atoms. The van der Waals surface area contributed by atoms with Crippen LogP contribution in [0, 0.1) is 0 Å². The molecule has 0 unspecified atom stereocenters. The highest BCUT2D eigenvalue weighted by atomic mass is 35.5. The number of amides is 2. The molecule has 1 aromatic carbocycles. The maximum absolute atomic E-state index is 12.8. The van der Waals surface area contributed by atoms with Gasteiger partial charge in [-0.05, 0) is 29.6 Å². The third-order valence-electron chi connectivity index (χ3n) is 4.46. The van der Waals surface area contributed by atoms with Gasteiger partial charge in [0.15, 0.2) is 0 Å². The van der Waals surface area contributed by atoms with E-state index < -0.39 is 0 Å². The highest BCUT2D eigenvalue weighted by Gasteiger charge is 2.27. The number of hydrogen-bond acceptors (Lipinski definition) is 5. The van der Waals surface area contributed by atoms with Gasteiger partial charge in [-0.15, -0.1) is 11.3 Å². The van der Waals surface area contributed by atoms with Crippen molar-refractivity contribution in [3.8, 4) is 10.6 Å². The van der Waals surface area contributed by atoms with Crippen molar-refractivity contribution >= 4 is 57.7 Å². The van der Waals surface area contributed by atoms with Gasteiger partial charge in [-0.2, -0.15) is 11.3 Å². The molecule has 0 saturated carbocycles. The van der Waals surface area contributed by atoms with Gasteiger partial charge in [0, 0.05) is 58.1 Å². The Hall–Kier alpha value is -1.93. The molecule has 2 aromatic heterocycles. The normalized spacial score (nSPS) is 14.4. The standard InChI is InChI=1S/C19H15Cl2N3O2S2/c20-14-7-13(8-15(21)9-14)18(25)23-2-4-24(5-3-23)19(26)16-11-28-17(22-16)12-1-6-27-10-12/h1,6-11H,2-5H2. The summed E-state index contributed by atoms with van der Waals surface area (Å²) in [6.45, 7) is 1.83. The number of aromatic nitrogens is 1. The van der Waals surface area contributed by atoms with Crippen LogP contribution in [0.4, 0.5) is 0 Å². The molecule has 4 rings (SSSR count). The lowest BCUT2D eigenvalue weighted by molar-refractivity contribution is 0.0533. The van der Waals surface area contributed by atoms with Crippen LogP contribution in [0.5, 0.6) is 0 Å². The first-order valence-electron chi connectivity index (χ1n) is 8.54. The van der Waals surface area contributed by atoms with Crippen LogP contribution < -0.4 is 0 Å². The fourth-order valence-electron chi connectivity index (χ4n) is 3.03. The van der Waals surface area contributed by atoms with Gasteiger partial charge in [0.25, 0.3) is 11.8 Å². The molecule has 1 saturated heterocycles. The van der Waals surface area contributed by atoms with Crippen molar-refractivity contribution < 1.29 is 9.59 Å². The third kappa shape index (κ3) is 4.07. The number of benzene rings is 1. The predicted octanol–water partition coefficient (Wildman–Crippen LogP) is 4.78. The number of piperazine rings is 1. The first kappa shape index (κ1) is 19.4. The molecular formula is C19H15Cl2N3O2S2. The van der Waals surface area contributed by atoms with Gasteiger partial charge in [-0.3, -0.25) is 9.59 Å². The molecule has 3 heterocycles. The Morgan fingerprint density at radius 1 is 0.929 bits per heavy atom. The van der Waals surface area contributed by atoms with Crippen molar-refractivity contribution in [2.24, 2.45) is 0 Å². The fraction of sp³-hybridized carbons (Fsp3) is 0.211. The van der Waals surface area contributed by atoms with E-state index in [0.29, 0.717) is 47.5 Å². The molecule has 5 nitrogen and oxygen atoms in total. The summed E-state index contributed by atoms with van der Waals surface area (Å²) in [7, 11) is 0. The topological polar surface area (TPSA) is 53.5 Å². The molecule has 144 valence electrons. The van der Waals surface area contributed by atoms with Crippen molar-refractivity contribution in [3.63, 3.8) is 0 Å². The van der Waals surface area contributed by atoms with E-state index in [9.17, 15) is 9.59 Å². The van der Waals surface area contributed by atoms with Crippen LogP contribution in [0.25, 0.3) is 10.6 Å². The number of thiophene rings is 1. The summed E-state index contributed by atoms with van der Waals surface area (Å²) >= 11 is 15.0. The van der Waals surface area contributed by atoms with E-state index >= 15 is 0 Å². The molecule has 2 amide bonds. The second kappa shape index (κ2) is 8.21. The number of carbonyl (C=O) groups excluding carboxylic acids is 2. The molecule has 0 spiro atoms. The molecule has 0 aliphatic carbocycles. The molecule has 0 radical (unpaired) electrons. The minimum absolute atomic E-state index is 0.101. The molecular weight excluding hydrogens is 437 g/mol. The second-order valence-corrected chi connectivity index (χ2v) is 8.80. The lowest BCUT2D eigenvalue weighted by atomic mass is 10.1. The monoisotopic (exact) mass is 451 g/mol. The average molecular weight is 452 g/mol. The van der Waals surface area contributed by atoms with Gasteiger partial charge >= 0.3 is 0 Å². The van der Waals surface area contributed by atoms with E-state index in [0.717, 1.165) is 10.6 Å². The van der Waals surface area contributed by atoms with Gasteiger partial charge in [-0.25, -0.2) is 4.98 Å². The van der Waals surface area contributed by atoms with E-state index in [2.05, 4.69) is 4.98 Å². The summed E-state index contributed by atoms with van der Waals surface area (Å²) in [5, 5.41) is 7.49. The number of carbonyl (C=O) groups is 2. The van der Waals surface area contributed by atoms with Crippen molar-refractivity contribution in [2.45, 2.75) is 0 Å². The zero-order chi connectivity index (χ0) is 19.7. The highest BCUT2D eigenvalue weighted by molar-refractivity contribution is 7.14. The summed E-state index contributed by atoms with van der Waals surface area (Å²) in [4.78, 5) is 33.4. The number of rotatable bonds is 3. The van der Waals surface area contributed by atoms with Gasteiger partial charge < -0.3 is 9.80 Å². The molecule has 9 heteroatoms. The quantitative estimate of drug-likeness (QED) is 0.575. The molecule has 1 fully saturated rings. The van der Waals surface area contributed by atoms with Crippen LogP contribution in [0.1, 0.15) is 20.8 Å². The summed E-state index contributed by atoms with van der Waals surface area (Å²) in [5.41, 5.74) is 1.94. The number of thiazole rings is 1. The Balaban J connectivity index is 1.40. The van der Waals surface area contributed by atoms with E-state index in [1.54, 1.807) is 44.7 Å². The first-order chi connectivity index (χ1) is 13.5. The van der Waals surface area contributed by atoms with Crippen molar-refractivity contribution in [2.75, 3.05) is 26.2 Å². The van der Waals surface area contributed by atoms with Gasteiger partial charge in [-0.1, -0.05) is 23.2 Å². The van der Waals surface area contributed by atoms with Crippen molar-refractivity contribution in [1.82, 2.24) is 14.8 Å². The second-order valence-electron chi connectivity index (χ2n) is 6.29. The lowest BCUT2D eigenvalue weighted by Crippen LogP contribution is -2.50. The molecule has 28 heavy (non-hydrogen) atoms. The maximum Gasteiger partial charge on any atom is 0.273 e. The smallest absolute Gasteiger partial charge is 0.273 e. The first-order valence-corrected chi connectivity index (χ1v) is 11.1. The van der Waals surface area contributed by atoms with Gasteiger partial charge in [0.1, 0.15) is 10.7 Å². The third-order valence-corrected chi connectivity index (χ3v) is 6.47. The van der Waals surface area contributed by atoms with E-state index in [-0.39, 0.29) is 11.8 Å². The zero-order valence-electron chi connectivity index (χ0n) is 14.6. The molecule has 1 aliphatic heterocycles. The van der Waals surface area contributed by atoms with E-state index in [4.69, 9.17) is 23.2 Å². The number of hydrogen-bond donors (Lipinski definition) is 0. The summed E-state index contributed by atoms with van der Waals surface area (Å²) in [5.74, 6) is -0.236. The Kier molecular flexibility index (Phi) is 5.68. The van der Waals surface area contributed by atoms with Crippen LogP contribution in [-0.4, -0.2) is 52.8 Å². The van der Waals surface area contributed by atoms with Crippen LogP contribution in [0.2, 0.25) is 10.0 Å². The number of halogens is 2. The van der Waals surface area contributed by atoms with Crippen molar-refractivity contribution in [3.05, 3.63) is 61.7 Å². The van der Waals surface area contributed by atoms with Crippen molar-refractivity contribution in [1.29, 1.82) is 0 Å². The lowest BCUT2D eigenvalue weighted by Gasteiger charge is -2.34. The molecule has 3 aromatic rings. The predicted molar refractivity (Wildman–Crippen MR) is 114 cm³/mol.